The molecule has 0 atom stereocenters. The van der Waals surface area contributed by atoms with Gasteiger partial charge in [-0.3, -0.25) is 0 Å². The predicted octanol–water partition coefficient (Wildman–Crippen LogP) is 2.28. The zero-order valence-electron chi connectivity index (χ0n) is 10.6. The summed E-state index contributed by atoms with van der Waals surface area (Å²) in [7, 11) is 0. The molecule has 2 N–H and O–H groups in total. The lowest BCUT2D eigenvalue weighted by atomic mass is 9.76. The predicted molar refractivity (Wildman–Crippen MR) is 66.6 cm³/mol. The van der Waals surface area contributed by atoms with Gasteiger partial charge in [0, 0.05) is 18.3 Å². The van der Waals surface area contributed by atoms with Gasteiger partial charge < -0.3 is 10.5 Å². The summed E-state index contributed by atoms with van der Waals surface area (Å²) in [5.74, 6) is 0.659. The maximum Gasteiger partial charge on any atom is 0.221 e. The largest absolute Gasteiger partial charge is 0.474 e. The van der Waals surface area contributed by atoms with E-state index in [1.54, 1.807) is 6.20 Å². The summed E-state index contributed by atoms with van der Waals surface area (Å²) in [4.78, 5) is 8.13. The molecule has 1 heterocycles. The Labute approximate surface area is 103 Å². The van der Waals surface area contributed by atoms with Crippen molar-refractivity contribution in [3.63, 3.8) is 0 Å². The van der Waals surface area contributed by atoms with E-state index in [4.69, 9.17) is 10.5 Å². The monoisotopic (exact) mass is 235 g/mol. The summed E-state index contributed by atoms with van der Waals surface area (Å²) in [5.41, 5.74) is 6.99. The molecule has 0 aliphatic heterocycles. The molecule has 0 unspecified atom stereocenters. The molecule has 1 aliphatic carbocycles. The van der Waals surface area contributed by atoms with Crippen LogP contribution in [0.25, 0.3) is 0 Å². The molecule has 4 heteroatoms. The van der Waals surface area contributed by atoms with Crippen molar-refractivity contribution in [3.05, 3.63) is 18.1 Å². The molecule has 2 rings (SSSR count). The molecular weight excluding hydrogens is 214 g/mol. The van der Waals surface area contributed by atoms with Crippen molar-refractivity contribution in [2.75, 3.05) is 0 Å². The molecular formula is C13H21N3O. The van der Waals surface area contributed by atoms with Gasteiger partial charge in [0.25, 0.3) is 0 Å². The van der Waals surface area contributed by atoms with Crippen molar-refractivity contribution in [1.82, 2.24) is 9.97 Å². The van der Waals surface area contributed by atoms with Crippen LogP contribution in [0, 0.1) is 5.41 Å². The van der Waals surface area contributed by atoms with Gasteiger partial charge in [0.1, 0.15) is 12.4 Å². The van der Waals surface area contributed by atoms with Crippen LogP contribution in [-0.2, 0) is 6.54 Å². The van der Waals surface area contributed by atoms with E-state index in [-0.39, 0.29) is 6.10 Å². The minimum Gasteiger partial charge on any atom is -0.474 e. The lowest BCUT2D eigenvalue weighted by Gasteiger charge is -2.34. The first-order valence-corrected chi connectivity index (χ1v) is 6.26. The van der Waals surface area contributed by atoms with E-state index in [9.17, 15) is 0 Å². The highest BCUT2D eigenvalue weighted by atomic mass is 16.5. The van der Waals surface area contributed by atoms with E-state index < -0.39 is 0 Å². The smallest absolute Gasteiger partial charge is 0.221 e. The van der Waals surface area contributed by atoms with Crippen LogP contribution in [-0.4, -0.2) is 16.1 Å². The van der Waals surface area contributed by atoms with E-state index in [0.29, 0.717) is 17.8 Å². The zero-order chi connectivity index (χ0) is 12.3. The topological polar surface area (TPSA) is 61.0 Å². The van der Waals surface area contributed by atoms with E-state index in [2.05, 4.69) is 23.8 Å². The third kappa shape index (κ3) is 3.16. The molecule has 0 aromatic carbocycles. The first-order chi connectivity index (χ1) is 8.11. The molecule has 17 heavy (non-hydrogen) atoms. The van der Waals surface area contributed by atoms with Crippen LogP contribution in [0.15, 0.2) is 12.5 Å². The summed E-state index contributed by atoms with van der Waals surface area (Å²) in [5, 5.41) is 0. The highest BCUT2D eigenvalue weighted by molar-refractivity contribution is 5.21. The summed E-state index contributed by atoms with van der Waals surface area (Å²) in [6, 6.07) is 0. The molecule has 4 nitrogen and oxygen atoms in total. The normalized spacial score (nSPS) is 20.2. The molecule has 1 aromatic rings. The minimum atomic E-state index is 0.281. The van der Waals surface area contributed by atoms with Crippen LogP contribution in [0.2, 0.25) is 0 Å². The Kier molecular flexibility index (Phi) is 3.62. The van der Waals surface area contributed by atoms with Crippen LogP contribution in [0.4, 0.5) is 0 Å². The van der Waals surface area contributed by atoms with Gasteiger partial charge in [0.05, 0.1) is 0 Å². The summed E-state index contributed by atoms with van der Waals surface area (Å²) < 4.78 is 5.94. The maximum absolute atomic E-state index is 5.94. The first-order valence-electron chi connectivity index (χ1n) is 6.26. The van der Waals surface area contributed by atoms with Gasteiger partial charge >= 0.3 is 0 Å². The van der Waals surface area contributed by atoms with Gasteiger partial charge in [0.2, 0.25) is 5.88 Å². The number of aromatic nitrogens is 2. The molecule has 1 aromatic heterocycles. The Balaban J connectivity index is 1.98. The Morgan fingerprint density at radius 2 is 2.12 bits per heavy atom. The molecule has 0 amide bonds. The highest BCUT2D eigenvalue weighted by Crippen LogP contribution is 2.36. The molecule has 1 saturated carbocycles. The van der Waals surface area contributed by atoms with Crippen LogP contribution in [0.5, 0.6) is 5.88 Å². The number of hydrogen-bond donors (Lipinski definition) is 1. The Morgan fingerprint density at radius 1 is 1.41 bits per heavy atom. The Morgan fingerprint density at radius 3 is 2.76 bits per heavy atom. The van der Waals surface area contributed by atoms with E-state index in [1.165, 1.54) is 19.2 Å². The summed E-state index contributed by atoms with van der Waals surface area (Å²) >= 11 is 0. The number of ether oxygens (including phenoxy) is 1. The molecule has 0 spiro atoms. The fourth-order valence-electron chi connectivity index (χ4n) is 2.24. The second-order valence-corrected chi connectivity index (χ2v) is 5.54. The third-order valence-corrected chi connectivity index (χ3v) is 3.53. The molecule has 0 bridgehead atoms. The van der Waals surface area contributed by atoms with Crippen LogP contribution >= 0.6 is 0 Å². The molecule has 1 fully saturated rings. The van der Waals surface area contributed by atoms with Gasteiger partial charge in [-0.15, -0.1) is 0 Å². The number of nitrogens with zero attached hydrogens (tertiary/aromatic N) is 2. The third-order valence-electron chi connectivity index (χ3n) is 3.53. The Bertz CT molecular complexity index is 369. The lowest BCUT2D eigenvalue weighted by Crippen LogP contribution is -2.29. The summed E-state index contributed by atoms with van der Waals surface area (Å²) in [6.07, 6.45) is 8.14. The first kappa shape index (κ1) is 12.3. The lowest BCUT2D eigenvalue weighted by molar-refractivity contribution is 0.0938. The standard InChI is InChI=1S/C13H21N3O/c1-13(2)5-3-11(4-6-13)17-12-10(7-14)8-15-9-16-12/h8-9,11H,3-7,14H2,1-2H3. The van der Waals surface area contributed by atoms with Crippen LogP contribution < -0.4 is 10.5 Å². The van der Waals surface area contributed by atoms with Gasteiger partial charge in [-0.2, -0.15) is 0 Å². The Hall–Kier alpha value is -1.16. The van der Waals surface area contributed by atoms with Crippen molar-refractivity contribution >= 4 is 0 Å². The van der Waals surface area contributed by atoms with Crippen molar-refractivity contribution < 1.29 is 4.74 Å². The number of rotatable bonds is 3. The SMILES string of the molecule is CC1(C)CCC(Oc2ncncc2CN)CC1. The van der Waals surface area contributed by atoms with Crippen molar-refractivity contribution in [2.24, 2.45) is 11.1 Å². The fraction of sp³-hybridized carbons (Fsp3) is 0.692. The molecule has 0 saturated heterocycles. The van der Waals surface area contributed by atoms with Crippen LogP contribution in [0.1, 0.15) is 45.1 Å². The maximum atomic E-state index is 5.94. The highest BCUT2D eigenvalue weighted by Gasteiger charge is 2.28. The van der Waals surface area contributed by atoms with E-state index in [1.807, 2.05) is 0 Å². The average molecular weight is 235 g/mol. The molecule has 0 radical (unpaired) electrons. The second kappa shape index (κ2) is 5.00. The van der Waals surface area contributed by atoms with Crippen molar-refractivity contribution in [3.8, 4) is 5.88 Å². The van der Waals surface area contributed by atoms with E-state index in [0.717, 1.165) is 18.4 Å². The van der Waals surface area contributed by atoms with Crippen molar-refractivity contribution in [1.29, 1.82) is 0 Å². The molecule has 94 valence electrons. The molecule has 1 aliphatic rings. The zero-order valence-corrected chi connectivity index (χ0v) is 10.6. The quantitative estimate of drug-likeness (QED) is 0.873. The second-order valence-electron chi connectivity index (χ2n) is 5.54. The average Bonchev–Trinajstić information content (AvgIpc) is 2.32. The number of nitrogens with two attached hydrogens (primary N) is 1. The number of hydrogen-bond acceptors (Lipinski definition) is 4. The summed E-state index contributed by atoms with van der Waals surface area (Å²) in [6.45, 7) is 5.06. The van der Waals surface area contributed by atoms with Gasteiger partial charge in [-0.1, -0.05) is 13.8 Å². The van der Waals surface area contributed by atoms with Gasteiger partial charge in [0.15, 0.2) is 0 Å². The minimum absolute atomic E-state index is 0.281. The van der Waals surface area contributed by atoms with Crippen LogP contribution in [0.3, 0.4) is 0 Å². The van der Waals surface area contributed by atoms with Crippen molar-refractivity contribution in [2.45, 2.75) is 52.2 Å². The van der Waals surface area contributed by atoms with E-state index >= 15 is 0 Å². The van der Waals surface area contributed by atoms with Gasteiger partial charge in [-0.05, 0) is 31.1 Å². The fourth-order valence-corrected chi connectivity index (χ4v) is 2.24. The van der Waals surface area contributed by atoms with Gasteiger partial charge in [-0.25, -0.2) is 9.97 Å².